The minimum Gasteiger partial charge on any atom is -0.365 e. The molecule has 0 bridgehead atoms. The summed E-state index contributed by atoms with van der Waals surface area (Å²) in [5.41, 5.74) is 1.46. The average molecular weight is 569 g/mol. The zero-order valence-electron chi connectivity index (χ0n) is 19.6. The molecular formula is C19H24N10O5S3. The molecule has 0 spiro atoms. The van der Waals surface area contributed by atoms with Crippen LogP contribution in [0.5, 0.6) is 0 Å². The lowest BCUT2D eigenvalue weighted by Crippen LogP contribution is -2.37. The fourth-order valence-electron chi connectivity index (χ4n) is 4.56. The van der Waals surface area contributed by atoms with Gasteiger partial charge in [0.05, 0.1) is 12.1 Å². The Balaban J connectivity index is 1.64. The first-order valence-corrected chi connectivity index (χ1v) is 15.0. The number of H-pyrrole nitrogens is 1. The van der Waals surface area contributed by atoms with Crippen LogP contribution in [0.1, 0.15) is 27.3 Å². The minimum absolute atomic E-state index is 0.0804. The molecule has 1 atom stereocenters. The molecule has 1 saturated heterocycles. The summed E-state index contributed by atoms with van der Waals surface area (Å²) in [6.45, 7) is 1.75. The van der Waals surface area contributed by atoms with E-state index in [1.807, 2.05) is 4.90 Å². The Bertz CT molecular complexity index is 1550. The van der Waals surface area contributed by atoms with Gasteiger partial charge in [0.2, 0.25) is 25.9 Å². The van der Waals surface area contributed by atoms with E-state index in [9.17, 15) is 21.6 Å². The molecule has 198 valence electrons. The Hall–Kier alpha value is -3.03. The molecule has 15 nitrogen and oxygen atoms in total. The molecule has 2 aliphatic rings. The summed E-state index contributed by atoms with van der Waals surface area (Å²) in [5, 5.41) is 24.9. The fraction of sp³-hybridized carbons (Fsp3) is 0.421. The number of aromatic nitrogens is 5. The number of carbonyl (C=O) groups is 1. The van der Waals surface area contributed by atoms with Crippen molar-refractivity contribution in [2.75, 3.05) is 31.6 Å². The number of rotatable bonds is 7. The lowest BCUT2D eigenvalue weighted by Gasteiger charge is -2.31. The van der Waals surface area contributed by atoms with Crippen molar-refractivity contribution in [1.82, 2.24) is 40.4 Å². The molecule has 2 aliphatic heterocycles. The van der Waals surface area contributed by atoms with Gasteiger partial charge in [-0.05, 0) is 48.3 Å². The molecule has 5 rings (SSSR count). The van der Waals surface area contributed by atoms with Gasteiger partial charge in [0.1, 0.15) is 15.5 Å². The van der Waals surface area contributed by atoms with Crippen molar-refractivity contribution < 1.29 is 21.6 Å². The molecule has 0 radical (unpaired) electrons. The number of nitrogens with one attached hydrogen (secondary N) is 4. The van der Waals surface area contributed by atoms with Gasteiger partial charge in [0, 0.05) is 42.3 Å². The number of fused-ring (bicyclic) bond motifs is 1. The first kappa shape index (κ1) is 25.6. The number of aromatic amines is 1. The molecule has 1 aromatic carbocycles. The highest BCUT2D eigenvalue weighted by Crippen LogP contribution is 2.40. The number of benzene rings is 1. The lowest BCUT2D eigenvalue weighted by atomic mass is 10.0. The van der Waals surface area contributed by atoms with E-state index in [4.69, 9.17) is 5.14 Å². The number of hydrogen-bond acceptors (Lipinski definition) is 12. The molecule has 0 aliphatic carbocycles. The third kappa shape index (κ3) is 4.82. The first-order valence-electron chi connectivity index (χ1n) is 11.2. The molecule has 6 N–H and O–H groups in total. The van der Waals surface area contributed by atoms with Crippen LogP contribution in [0.4, 0.5) is 5.69 Å². The third-order valence-electron chi connectivity index (χ3n) is 6.24. The number of nitrogens with zero attached hydrogens (tertiary/aromatic N) is 5. The van der Waals surface area contributed by atoms with Crippen molar-refractivity contribution in [3.63, 3.8) is 0 Å². The molecule has 18 heteroatoms. The molecule has 1 fully saturated rings. The summed E-state index contributed by atoms with van der Waals surface area (Å²) < 4.78 is 59.3. The molecule has 2 aromatic heterocycles. The Morgan fingerprint density at radius 2 is 2.08 bits per heavy atom. The maximum atomic E-state index is 13.3. The van der Waals surface area contributed by atoms with Crippen LogP contribution >= 0.6 is 11.5 Å². The van der Waals surface area contributed by atoms with E-state index in [2.05, 4.69) is 40.4 Å². The van der Waals surface area contributed by atoms with Crippen molar-refractivity contribution in [2.45, 2.75) is 35.2 Å². The maximum absolute atomic E-state index is 13.3. The Morgan fingerprint density at radius 1 is 1.27 bits per heavy atom. The zero-order chi connectivity index (χ0) is 26.4. The van der Waals surface area contributed by atoms with E-state index in [1.54, 1.807) is 0 Å². The molecule has 3 aromatic rings. The fourth-order valence-corrected chi connectivity index (χ4v) is 8.34. The number of primary sulfonamides is 1. The highest BCUT2D eigenvalue weighted by Gasteiger charge is 2.35. The largest absolute Gasteiger partial charge is 0.365 e. The van der Waals surface area contributed by atoms with Crippen molar-refractivity contribution in [2.24, 2.45) is 5.14 Å². The summed E-state index contributed by atoms with van der Waals surface area (Å²) in [4.78, 5) is 13.7. The molecule has 4 heterocycles. The molecule has 0 unspecified atom stereocenters. The molecule has 1 amide bonds. The predicted molar refractivity (Wildman–Crippen MR) is 133 cm³/mol. The van der Waals surface area contributed by atoms with Gasteiger partial charge in [0.25, 0.3) is 5.91 Å². The Morgan fingerprint density at radius 3 is 2.73 bits per heavy atom. The van der Waals surface area contributed by atoms with Gasteiger partial charge in [0.15, 0.2) is 0 Å². The van der Waals surface area contributed by atoms with Crippen LogP contribution in [0.3, 0.4) is 0 Å². The van der Waals surface area contributed by atoms with Crippen LogP contribution in [0.25, 0.3) is 11.4 Å². The van der Waals surface area contributed by atoms with Crippen molar-refractivity contribution in [3.05, 3.63) is 28.3 Å². The quantitative estimate of drug-likeness (QED) is 0.222. The monoisotopic (exact) mass is 568 g/mol. The van der Waals surface area contributed by atoms with E-state index in [-0.39, 0.29) is 17.3 Å². The summed E-state index contributed by atoms with van der Waals surface area (Å²) in [6, 6.07) is 2.34. The average Bonchev–Trinajstić information content (AvgIpc) is 3.63. The van der Waals surface area contributed by atoms with Crippen molar-refractivity contribution in [1.29, 1.82) is 0 Å². The zero-order valence-corrected chi connectivity index (χ0v) is 22.0. The summed E-state index contributed by atoms with van der Waals surface area (Å²) >= 11 is 1.18. The Kier molecular flexibility index (Phi) is 6.71. The maximum Gasteiger partial charge on any atom is 0.271 e. The lowest BCUT2D eigenvalue weighted by molar-refractivity contribution is 0.0958. The number of carbonyl (C=O) groups excluding carboxylic acids is 1. The number of amides is 1. The normalized spacial score (nSPS) is 18.1. The number of nitrogens with two attached hydrogens (primary N) is 1. The number of hydrogen-bond donors (Lipinski definition) is 5. The Labute approximate surface area is 216 Å². The second-order valence-electron chi connectivity index (χ2n) is 8.56. The van der Waals surface area contributed by atoms with Crippen LogP contribution in [0.15, 0.2) is 21.9 Å². The SMILES string of the molecule is CNC(=O)c1nsc2c1CCN(c1ccc(S(=O)(=O)N[C@@H]3CCNC3)c(S(N)(=O)=O)c1-c1nn[nH]n1)C2. The van der Waals surface area contributed by atoms with Crippen LogP contribution in [0, 0.1) is 0 Å². The molecule has 37 heavy (non-hydrogen) atoms. The van der Waals surface area contributed by atoms with Gasteiger partial charge < -0.3 is 15.5 Å². The van der Waals surface area contributed by atoms with E-state index >= 15 is 0 Å². The first-order chi connectivity index (χ1) is 17.6. The van der Waals surface area contributed by atoms with Gasteiger partial charge in [-0.2, -0.15) is 9.59 Å². The highest BCUT2D eigenvalue weighted by molar-refractivity contribution is 7.92. The van der Waals surface area contributed by atoms with Gasteiger partial charge in [-0.1, -0.05) is 0 Å². The van der Waals surface area contributed by atoms with Gasteiger partial charge >= 0.3 is 0 Å². The number of tetrazole rings is 1. The van der Waals surface area contributed by atoms with Crippen LogP contribution in [-0.2, 0) is 33.0 Å². The van der Waals surface area contributed by atoms with Crippen molar-refractivity contribution >= 4 is 43.2 Å². The van der Waals surface area contributed by atoms with E-state index in [0.717, 1.165) is 10.4 Å². The molecule has 0 saturated carbocycles. The van der Waals surface area contributed by atoms with E-state index in [0.29, 0.717) is 50.4 Å². The van der Waals surface area contributed by atoms with Gasteiger partial charge in [-0.15, -0.1) is 10.2 Å². The smallest absolute Gasteiger partial charge is 0.271 e. The number of anilines is 1. The third-order valence-corrected chi connectivity index (χ3v) is 9.80. The predicted octanol–water partition coefficient (Wildman–Crippen LogP) is -1.47. The van der Waals surface area contributed by atoms with E-state index < -0.39 is 35.9 Å². The van der Waals surface area contributed by atoms with Crippen LogP contribution in [0.2, 0.25) is 0 Å². The topological polar surface area (TPSA) is 218 Å². The minimum atomic E-state index is -4.58. The van der Waals surface area contributed by atoms with Gasteiger partial charge in [-0.3, -0.25) is 4.79 Å². The summed E-state index contributed by atoms with van der Waals surface area (Å²) in [6.07, 6.45) is 1.02. The number of sulfonamides is 2. The summed E-state index contributed by atoms with van der Waals surface area (Å²) in [7, 11) is -7.34. The van der Waals surface area contributed by atoms with Crippen LogP contribution < -0.4 is 25.4 Å². The second-order valence-corrected chi connectivity index (χ2v) is 12.6. The van der Waals surface area contributed by atoms with Crippen molar-refractivity contribution in [3.8, 4) is 11.4 Å². The summed E-state index contributed by atoms with van der Waals surface area (Å²) in [5.74, 6) is -0.408. The highest BCUT2D eigenvalue weighted by atomic mass is 32.2. The van der Waals surface area contributed by atoms with Gasteiger partial charge in [-0.25, -0.2) is 26.7 Å². The van der Waals surface area contributed by atoms with E-state index in [1.165, 1.54) is 30.7 Å². The van der Waals surface area contributed by atoms with Crippen LogP contribution in [-0.4, -0.2) is 80.5 Å². The molecular weight excluding hydrogens is 544 g/mol. The standard InChI is InChI=1S/C19H24N10O5S3/c1-21-19(30)16-11-5-7-29(9-13(11)35-25-16)12-2-3-14(37(33,34)26-10-4-6-22-8-10)17(36(20,31)32)15(12)18-23-27-28-24-18/h2-3,10,22,26H,4-9H2,1H3,(H,21,30)(H2,20,31,32)(H,23,24,27,28)/t10-/m1/s1. The second kappa shape index (κ2) is 9.69.